The number of halogens is 1. The van der Waals surface area contributed by atoms with Crippen LogP contribution in [0.3, 0.4) is 0 Å². The largest absolute Gasteiger partial charge is 0.381 e. The third-order valence-electron chi connectivity index (χ3n) is 4.62. The minimum Gasteiger partial charge on any atom is -0.381 e. The first-order chi connectivity index (χ1) is 12.0. The number of carbonyl (C=O) groups excluding carboxylic acids is 2. The molecule has 2 heterocycles. The minimum atomic E-state index is -0.884. The van der Waals surface area contributed by atoms with E-state index < -0.39 is 12.0 Å². The molecule has 0 saturated carbocycles. The Bertz CT molecular complexity index is 901. The van der Waals surface area contributed by atoms with Crippen LogP contribution in [0.15, 0.2) is 52.1 Å². The van der Waals surface area contributed by atoms with E-state index in [2.05, 4.69) is 21.1 Å². The molecule has 0 aliphatic carbocycles. The average molecular weight is 399 g/mol. The van der Waals surface area contributed by atoms with E-state index >= 15 is 0 Å². The summed E-state index contributed by atoms with van der Waals surface area (Å²) in [5, 5.41) is 4.03. The fraction of sp³-hybridized carbons (Fsp3) is 0.211. The van der Waals surface area contributed by atoms with Crippen molar-refractivity contribution in [3.05, 3.63) is 63.6 Å². The summed E-state index contributed by atoms with van der Waals surface area (Å²) in [6.07, 6.45) is -0.884. The van der Waals surface area contributed by atoms with Crippen LogP contribution in [0, 0.1) is 19.8 Å². The number of para-hydroxylation sites is 1. The van der Waals surface area contributed by atoms with Crippen molar-refractivity contribution in [1.29, 1.82) is 0 Å². The summed E-state index contributed by atoms with van der Waals surface area (Å²) in [5.74, 6) is -1.34. The number of anilines is 1. The van der Waals surface area contributed by atoms with Crippen LogP contribution in [0.25, 0.3) is 0 Å². The molecule has 0 N–H and O–H groups in total. The Morgan fingerprint density at radius 1 is 1.00 bits per heavy atom. The highest BCUT2D eigenvalue weighted by molar-refractivity contribution is 9.10. The van der Waals surface area contributed by atoms with Crippen molar-refractivity contribution in [1.82, 2.24) is 0 Å². The van der Waals surface area contributed by atoms with Crippen molar-refractivity contribution >= 4 is 39.1 Å². The Kier molecular flexibility index (Phi) is 3.72. The van der Waals surface area contributed by atoms with Gasteiger partial charge in [-0.15, -0.1) is 0 Å². The van der Waals surface area contributed by atoms with E-state index in [0.29, 0.717) is 11.4 Å². The Labute approximate surface area is 153 Å². The molecule has 2 aromatic carbocycles. The average Bonchev–Trinajstić information content (AvgIpc) is 3.11. The van der Waals surface area contributed by atoms with Crippen LogP contribution in [-0.2, 0) is 14.4 Å². The molecule has 6 heteroatoms. The fourth-order valence-electron chi connectivity index (χ4n) is 3.42. The molecule has 0 spiro atoms. The number of rotatable bonds is 2. The first-order valence-electron chi connectivity index (χ1n) is 7.92. The first-order valence-corrected chi connectivity index (χ1v) is 8.72. The van der Waals surface area contributed by atoms with Gasteiger partial charge in [-0.25, -0.2) is 4.90 Å². The Hall–Kier alpha value is -2.47. The second kappa shape index (κ2) is 5.81. The van der Waals surface area contributed by atoms with Crippen LogP contribution < -0.4 is 4.90 Å². The van der Waals surface area contributed by atoms with Gasteiger partial charge in [0.2, 0.25) is 12.0 Å². The topological polar surface area (TPSA) is 59.0 Å². The maximum atomic E-state index is 13.1. The normalized spacial score (nSPS) is 22.0. The van der Waals surface area contributed by atoms with Gasteiger partial charge in [0.25, 0.3) is 5.91 Å². The number of benzene rings is 2. The highest BCUT2D eigenvalue weighted by Crippen LogP contribution is 2.37. The van der Waals surface area contributed by atoms with E-state index in [1.807, 2.05) is 56.3 Å². The van der Waals surface area contributed by atoms with Gasteiger partial charge >= 0.3 is 0 Å². The maximum absolute atomic E-state index is 13.1. The summed E-state index contributed by atoms with van der Waals surface area (Å²) in [6.45, 7) is 3.78. The standard InChI is InChI=1S/C19H15BrN2O3/c1-10-4-3-5-11(2)16(10)22-18(23)14-15(21-25-17(14)19(22)24)12-6-8-13(20)9-7-12/h3-9,14,17H,1-2H3. The zero-order chi connectivity index (χ0) is 17.7. The minimum absolute atomic E-state index is 0.286. The van der Waals surface area contributed by atoms with Gasteiger partial charge in [0.05, 0.1) is 5.69 Å². The summed E-state index contributed by atoms with van der Waals surface area (Å²) < 4.78 is 0.929. The second-order valence-corrected chi connectivity index (χ2v) is 7.16. The SMILES string of the molecule is Cc1cccc(C)c1N1C(=O)C2ON=C(c3ccc(Br)cc3)C2C1=O. The number of nitrogens with zero attached hydrogens (tertiary/aromatic N) is 2. The van der Waals surface area contributed by atoms with Crippen molar-refractivity contribution in [2.75, 3.05) is 4.90 Å². The van der Waals surface area contributed by atoms with Gasteiger partial charge in [0, 0.05) is 10.0 Å². The molecule has 2 atom stereocenters. The lowest BCUT2D eigenvalue weighted by molar-refractivity contribution is -0.126. The number of hydrogen-bond donors (Lipinski definition) is 0. The van der Waals surface area contributed by atoms with Crippen molar-refractivity contribution in [2.45, 2.75) is 20.0 Å². The number of aryl methyl sites for hydroxylation is 2. The number of hydrogen-bond acceptors (Lipinski definition) is 4. The Morgan fingerprint density at radius 3 is 2.28 bits per heavy atom. The molecule has 2 unspecified atom stereocenters. The smallest absolute Gasteiger partial charge is 0.278 e. The molecule has 0 bridgehead atoms. The van der Waals surface area contributed by atoms with Crippen molar-refractivity contribution in [3.8, 4) is 0 Å². The van der Waals surface area contributed by atoms with E-state index in [1.165, 1.54) is 4.90 Å². The third kappa shape index (κ3) is 2.40. The lowest BCUT2D eigenvalue weighted by atomic mass is 9.94. The molecule has 126 valence electrons. The number of oxime groups is 1. The quantitative estimate of drug-likeness (QED) is 0.728. The van der Waals surface area contributed by atoms with E-state index in [4.69, 9.17) is 4.84 Å². The Balaban J connectivity index is 1.75. The van der Waals surface area contributed by atoms with Crippen molar-refractivity contribution < 1.29 is 14.4 Å². The summed E-state index contributed by atoms with van der Waals surface area (Å²) in [7, 11) is 0. The van der Waals surface area contributed by atoms with Crippen molar-refractivity contribution in [2.24, 2.45) is 11.1 Å². The van der Waals surface area contributed by atoms with E-state index in [-0.39, 0.29) is 11.8 Å². The first kappa shape index (κ1) is 16.0. The van der Waals surface area contributed by atoms with Gasteiger partial charge < -0.3 is 4.84 Å². The molecule has 1 fully saturated rings. The molecule has 1 saturated heterocycles. The molecule has 0 aromatic heterocycles. The monoisotopic (exact) mass is 398 g/mol. The number of amides is 2. The third-order valence-corrected chi connectivity index (χ3v) is 5.14. The van der Waals surface area contributed by atoms with Crippen LogP contribution in [0.1, 0.15) is 16.7 Å². The van der Waals surface area contributed by atoms with Gasteiger partial charge in [-0.3, -0.25) is 9.59 Å². The number of fused-ring (bicyclic) bond motifs is 1. The Morgan fingerprint density at radius 2 is 1.64 bits per heavy atom. The molecule has 2 amide bonds. The highest BCUT2D eigenvalue weighted by Gasteiger charge is 2.56. The van der Waals surface area contributed by atoms with Gasteiger partial charge in [0.1, 0.15) is 11.6 Å². The fourth-order valence-corrected chi connectivity index (χ4v) is 3.68. The summed E-state index contributed by atoms with van der Waals surface area (Å²) in [4.78, 5) is 32.5. The molecule has 2 aromatic rings. The zero-order valence-electron chi connectivity index (χ0n) is 13.7. The molecular formula is C19H15BrN2O3. The molecule has 5 nitrogen and oxygen atoms in total. The van der Waals surface area contributed by atoms with Gasteiger partial charge in [0.15, 0.2) is 0 Å². The lowest BCUT2D eigenvalue weighted by Gasteiger charge is -2.20. The van der Waals surface area contributed by atoms with E-state index in [0.717, 1.165) is 21.2 Å². The molecule has 25 heavy (non-hydrogen) atoms. The van der Waals surface area contributed by atoms with Crippen LogP contribution in [0.4, 0.5) is 5.69 Å². The number of imide groups is 1. The van der Waals surface area contributed by atoms with Crippen LogP contribution in [0.5, 0.6) is 0 Å². The van der Waals surface area contributed by atoms with E-state index in [1.54, 1.807) is 0 Å². The maximum Gasteiger partial charge on any atom is 0.278 e. The van der Waals surface area contributed by atoms with Crippen LogP contribution in [-0.4, -0.2) is 23.6 Å². The second-order valence-electron chi connectivity index (χ2n) is 6.24. The predicted octanol–water partition coefficient (Wildman–Crippen LogP) is 3.36. The summed E-state index contributed by atoms with van der Waals surface area (Å²) in [5.41, 5.74) is 3.68. The molecule has 2 aliphatic heterocycles. The predicted molar refractivity (Wildman–Crippen MR) is 97.5 cm³/mol. The van der Waals surface area contributed by atoms with Gasteiger partial charge in [-0.1, -0.05) is 51.4 Å². The zero-order valence-corrected chi connectivity index (χ0v) is 15.3. The summed E-state index contributed by atoms with van der Waals surface area (Å²) in [6, 6.07) is 13.1. The lowest BCUT2D eigenvalue weighted by Crippen LogP contribution is -2.34. The van der Waals surface area contributed by atoms with Crippen molar-refractivity contribution in [3.63, 3.8) is 0 Å². The van der Waals surface area contributed by atoms with E-state index in [9.17, 15) is 9.59 Å². The number of carbonyl (C=O) groups is 2. The molecule has 0 radical (unpaired) electrons. The van der Waals surface area contributed by atoms with Crippen LogP contribution >= 0.6 is 15.9 Å². The summed E-state index contributed by atoms with van der Waals surface area (Å²) >= 11 is 3.39. The van der Waals surface area contributed by atoms with Gasteiger partial charge in [-0.05, 0) is 37.1 Å². The molecule has 4 rings (SSSR count). The van der Waals surface area contributed by atoms with Gasteiger partial charge in [-0.2, -0.15) is 0 Å². The molecule has 2 aliphatic rings. The highest BCUT2D eigenvalue weighted by atomic mass is 79.9. The molecular weight excluding hydrogens is 384 g/mol. The van der Waals surface area contributed by atoms with Crippen LogP contribution in [0.2, 0.25) is 0 Å².